The molecule has 0 fully saturated rings. The Morgan fingerprint density at radius 1 is 1.19 bits per heavy atom. The number of hydrogen-bond donors (Lipinski definition) is 4. The maximum atomic E-state index is 12.8. The first-order valence-electron chi connectivity index (χ1n) is 9.49. The minimum atomic E-state index is -4.43. The molecule has 0 saturated heterocycles. The van der Waals surface area contributed by atoms with Gasteiger partial charge < -0.3 is 20.6 Å². The van der Waals surface area contributed by atoms with Crippen molar-refractivity contribution in [1.82, 2.24) is 15.2 Å². The molecule has 4 rings (SSSR count). The van der Waals surface area contributed by atoms with Crippen LogP contribution in [0.25, 0.3) is 21.7 Å². The highest BCUT2D eigenvalue weighted by Gasteiger charge is 2.30. The monoisotopic (exact) mass is 465 g/mol. The van der Waals surface area contributed by atoms with Gasteiger partial charge >= 0.3 is 11.9 Å². The van der Waals surface area contributed by atoms with E-state index in [1.807, 2.05) is 0 Å². The van der Waals surface area contributed by atoms with Gasteiger partial charge in [-0.05, 0) is 35.9 Å². The molecule has 0 aliphatic rings. The Morgan fingerprint density at radius 2 is 1.94 bits per heavy atom. The molecule has 0 unspecified atom stereocenters. The molecule has 2 atom stereocenters. The topological polar surface area (TPSA) is 130 Å². The van der Waals surface area contributed by atoms with Crippen LogP contribution in [0.5, 0.6) is 0 Å². The van der Waals surface area contributed by atoms with Crippen LogP contribution in [0.3, 0.4) is 0 Å². The quantitative estimate of drug-likeness (QED) is 0.330. The predicted octanol–water partition coefficient (Wildman–Crippen LogP) is 3.17. The van der Waals surface area contributed by atoms with E-state index in [0.717, 1.165) is 12.1 Å². The lowest BCUT2D eigenvalue weighted by molar-refractivity contribution is -0.137. The van der Waals surface area contributed by atoms with Gasteiger partial charge in [0, 0.05) is 24.1 Å². The van der Waals surface area contributed by atoms with Crippen LogP contribution in [0.1, 0.15) is 17.0 Å². The molecule has 0 saturated carbocycles. The number of aromatic amines is 1. The van der Waals surface area contributed by atoms with Gasteiger partial charge in [0.2, 0.25) is 5.13 Å². The smallest absolute Gasteiger partial charge is 0.408 e. The Labute approximate surface area is 182 Å². The van der Waals surface area contributed by atoms with E-state index < -0.39 is 29.5 Å². The third kappa shape index (κ3) is 4.66. The van der Waals surface area contributed by atoms with Crippen molar-refractivity contribution in [3.05, 3.63) is 64.1 Å². The van der Waals surface area contributed by atoms with Crippen molar-refractivity contribution < 1.29 is 22.7 Å². The second-order valence-corrected chi connectivity index (χ2v) is 8.07. The lowest BCUT2D eigenvalue weighted by Gasteiger charge is -2.23. The SMILES string of the molecule is N[C@H](CNc1nnc(-c2ccc3[nH]c(=O)oc3c2)s1)[C@@H](CO)c1ccc(C(F)(F)F)cc1. The Balaban J connectivity index is 1.42. The van der Waals surface area contributed by atoms with Crippen LogP contribution in [0.15, 0.2) is 51.7 Å². The van der Waals surface area contributed by atoms with Crippen molar-refractivity contribution in [2.75, 3.05) is 18.5 Å². The highest BCUT2D eigenvalue weighted by molar-refractivity contribution is 7.18. The lowest BCUT2D eigenvalue weighted by atomic mass is 9.92. The van der Waals surface area contributed by atoms with Gasteiger partial charge in [0.25, 0.3) is 0 Å². The number of fused-ring (bicyclic) bond motifs is 1. The number of aliphatic hydroxyl groups excluding tert-OH is 1. The number of benzene rings is 2. The van der Waals surface area contributed by atoms with E-state index in [2.05, 4.69) is 20.5 Å². The number of nitrogens with one attached hydrogen (secondary N) is 2. The summed E-state index contributed by atoms with van der Waals surface area (Å²) in [7, 11) is 0. The maximum Gasteiger partial charge on any atom is 0.417 e. The second kappa shape index (κ2) is 8.73. The molecule has 0 amide bonds. The fourth-order valence-electron chi connectivity index (χ4n) is 3.24. The standard InChI is InChI=1S/C20H18F3N5O3S/c21-20(22,23)12-4-1-10(2-5-12)13(9-29)14(24)8-25-18-28-27-17(32-18)11-3-6-15-16(7-11)31-19(30)26-15/h1-7,13-14,29H,8-9,24H2,(H,25,28)(H,26,30)/t13-,14+/m0/s1. The normalized spacial score (nSPS) is 13.9. The predicted molar refractivity (Wildman–Crippen MR) is 113 cm³/mol. The minimum absolute atomic E-state index is 0.215. The van der Waals surface area contributed by atoms with E-state index in [1.54, 1.807) is 18.2 Å². The summed E-state index contributed by atoms with van der Waals surface area (Å²) in [6.07, 6.45) is -4.43. The van der Waals surface area contributed by atoms with E-state index in [4.69, 9.17) is 10.2 Å². The highest BCUT2D eigenvalue weighted by atomic mass is 32.1. The Bertz CT molecular complexity index is 1270. The molecule has 5 N–H and O–H groups in total. The van der Waals surface area contributed by atoms with E-state index in [1.165, 1.54) is 23.5 Å². The first-order valence-corrected chi connectivity index (χ1v) is 10.3. The fourth-order valence-corrected chi connectivity index (χ4v) is 3.99. The van der Waals surface area contributed by atoms with E-state index in [-0.39, 0.29) is 13.2 Å². The van der Waals surface area contributed by atoms with E-state index in [9.17, 15) is 23.1 Å². The Morgan fingerprint density at radius 3 is 2.62 bits per heavy atom. The summed E-state index contributed by atoms with van der Waals surface area (Å²) in [5, 5.41) is 22.0. The molecular formula is C20H18F3N5O3S. The van der Waals surface area contributed by atoms with E-state index in [0.29, 0.717) is 32.4 Å². The number of hydrogen-bond acceptors (Lipinski definition) is 8. The van der Waals surface area contributed by atoms with Gasteiger partial charge in [-0.15, -0.1) is 10.2 Å². The lowest BCUT2D eigenvalue weighted by Crippen LogP contribution is -2.37. The number of aliphatic hydroxyl groups is 1. The summed E-state index contributed by atoms with van der Waals surface area (Å²) in [6.45, 7) is -0.107. The Kier molecular flexibility index (Phi) is 6.00. The zero-order chi connectivity index (χ0) is 22.9. The zero-order valence-corrected chi connectivity index (χ0v) is 17.2. The van der Waals surface area contributed by atoms with Crippen molar-refractivity contribution in [2.45, 2.75) is 18.1 Å². The number of rotatable bonds is 7. The average molecular weight is 465 g/mol. The third-order valence-electron chi connectivity index (χ3n) is 4.96. The number of aromatic nitrogens is 3. The molecule has 0 aliphatic heterocycles. The maximum absolute atomic E-state index is 12.8. The van der Waals surface area contributed by atoms with Gasteiger partial charge in [-0.2, -0.15) is 13.2 Å². The highest BCUT2D eigenvalue weighted by Crippen LogP contribution is 2.31. The average Bonchev–Trinajstić information content (AvgIpc) is 3.37. The Hall–Kier alpha value is -3.22. The number of oxazole rings is 1. The van der Waals surface area contributed by atoms with Crippen LogP contribution >= 0.6 is 11.3 Å². The van der Waals surface area contributed by atoms with Crippen molar-refractivity contribution in [3.8, 4) is 10.6 Å². The second-order valence-electron chi connectivity index (χ2n) is 7.09. The van der Waals surface area contributed by atoms with Crippen molar-refractivity contribution in [3.63, 3.8) is 0 Å². The van der Waals surface area contributed by atoms with Crippen LogP contribution in [-0.2, 0) is 6.18 Å². The molecule has 2 heterocycles. The summed E-state index contributed by atoms with van der Waals surface area (Å²) < 4.78 is 43.3. The summed E-state index contributed by atoms with van der Waals surface area (Å²) in [4.78, 5) is 13.9. The third-order valence-corrected chi connectivity index (χ3v) is 5.89. The van der Waals surface area contributed by atoms with Crippen LogP contribution in [0, 0.1) is 0 Å². The van der Waals surface area contributed by atoms with Crippen molar-refractivity contribution >= 4 is 27.6 Å². The van der Waals surface area contributed by atoms with Crippen molar-refractivity contribution in [1.29, 1.82) is 0 Å². The van der Waals surface area contributed by atoms with E-state index >= 15 is 0 Å². The number of anilines is 1. The van der Waals surface area contributed by atoms with Gasteiger partial charge in [0.05, 0.1) is 17.7 Å². The molecule has 0 aliphatic carbocycles. The molecule has 168 valence electrons. The first-order chi connectivity index (χ1) is 15.2. The molecule has 4 aromatic rings. The molecule has 12 heteroatoms. The van der Waals surface area contributed by atoms with Crippen LogP contribution < -0.4 is 16.8 Å². The number of nitrogens with two attached hydrogens (primary N) is 1. The molecule has 0 spiro atoms. The van der Waals surface area contributed by atoms with Gasteiger partial charge in [0.15, 0.2) is 5.58 Å². The fraction of sp³-hybridized carbons (Fsp3) is 0.250. The molecule has 32 heavy (non-hydrogen) atoms. The zero-order valence-electron chi connectivity index (χ0n) is 16.4. The molecule has 2 aromatic heterocycles. The van der Waals surface area contributed by atoms with Gasteiger partial charge in [-0.3, -0.25) is 4.98 Å². The van der Waals surface area contributed by atoms with Crippen LogP contribution in [0.2, 0.25) is 0 Å². The van der Waals surface area contributed by atoms with Crippen LogP contribution in [0.4, 0.5) is 18.3 Å². The number of nitrogens with zero attached hydrogens (tertiary/aromatic N) is 2. The number of halogens is 3. The molecule has 0 bridgehead atoms. The largest absolute Gasteiger partial charge is 0.417 e. The van der Waals surface area contributed by atoms with Crippen molar-refractivity contribution in [2.24, 2.45) is 5.73 Å². The van der Waals surface area contributed by atoms with Gasteiger partial charge in [0.1, 0.15) is 5.01 Å². The van der Waals surface area contributed by atoms with Crippen LogP contribution in [-0.4, -0.2) is 39.5 Å². The number of alkyl halides is 3. The molecular weight excluding hydrogens is 447 g/mol. The number of H-pyrrole nitrogens is 1. The summed E-state index contributed by atoms with van der Waals surface area (Å²) in [5.41, 5.74) is 7.62. The first kappa shape index (κ1) is 22.0. The van der Waals surface area contributed by atoms with Gasteiger partial charge in [-0.25, -0.2) is 4.79 Å². The molecule has 8 nitrogen and oxygen atoms in total. The molecule has 0 radical (unpaired) electrons. The van der Waals surface area contributed by atoms with Gasteiger partial charge in [-0.1, -0.05) is 23.5 Å². The minimum Gasteiger partial charge on any atom is -0.408 e. The summed E-state index contributed by atoms with van der Waals surface area (Å²) in [5.74, 6) is -1.10. The summed E-state index contributed by atoms with van der Waals surface area (Å²) in [6, 6.07) is 9.15. The summed E-state index contributed by atoms with van der Waals surface area (Å²) >= 11 is 1.26. The molecule has 2 aromatic carbocycles.